The van der Waals surface area contributed by atoms with E-state index in [0.29, 0.717) is 18.3 Å². The van der Waals surface area contributed by atoms with Crippen molar-refractivity contribution < 1.29 is 9.47 Å². The van der Waals surface area contributed by atoms with Crippen LogP contribution in [0.3, 0.4) is 0 Å². The third kappa shape index (κ3) is 4.12. The summed E-state index contributed by atoms with van der Waals surface area (Å²) in [7, 11) is 3.49. The van der Waals surface area contributed by atoms with Gasteiger partial charge in [-0.25, -0.2) is 9.97 Å². The fourth-order valence-electron chi connectivity index (χ4n) is 1.12. The molecule has 6 heteroatoms. The second-order valence-corrected chi connectivity index (χ2v) is 4.95. The molecule has 0 saturated heterocycles. The van der Waals surface area contributed by atoms with Gasteiger partial charge in [-0.05, 0) is 29.8 Å². The average Bonchev–Trinajstić information content (AvgIpc) is 2.31. The standard InChI is InChI=1S/C11H18BrN3O2/c1-11(2,16-4)5-6-17-10-8(12)9(13-3)14-7-15-10/h7H,5-6H2,1-4H3,(H,13,14,15). The molecule has 0 unspecified atom stereocenters. The van der Waals surface area contributed by atoms with E-state index in [1.54, 1.807) is 14.2 Å². The lowest BCUT2D eigenvalue weighted by molar-refractivity contribution is 0.00501. The summed E-state index contributed by atoms with van der Waals surface area (Å²) in [6, 6.07) is 0. The number of hydrogen-bond acceptors (Lipinski definition) is 5. The molecule has 0 atom stereocenters. The Labute approximate surface area is 110 Å². The Morgan fingerprint density at radius 2 is 2.12 bits per heavy atom. The fourth-order valence-corrected chi connectivity index (χ4v) is 1.64. The summed E-state index contributed by atoms with van der Waals surface area (Å²) in [6.45, 7) is 4.58. The van der Waals surface area contributed by atoms with E-state index in [9.17, 15) is 0 Å². The van der Waals surface area contributed by atoms with Crippen LogP contribution < -0.4 is 10.1 Å². The SMILES string of the molecule is CNc1ncnc(OCCC(C)(C)OC)c1Br. The number of nitrogens with one attached hydrogen (secondary N) is 1. The molecule has 0 aromatic carbocycles. The molecule has 0 amide bonds. The minimum atomic E-state index is -0.189. The molecule has 1 N–H and O–H groups in total. The van der Waals surface area contributed by atoms with E-state index < -0.39 is 0 Å². The number of nitrogens with zero attached hydrogens (tertiary/aromatic N) is 2. The van der Waals surface area contributed by atoms with Crippen molar-refractivity contribution in [2.45, 2.75) is 25.9 Å². The number of halogens is 1. The molecule has 0 aliphatic carbocycles. The maximum Gasteiger partial charge on any atom is 0.233 e. The predicted octanol–water partition coefficient (Wildman–Crippen LogP) is 2.47. The van der Waals surface area contributed by atoms with E-state index in [1.807, 2.05) is 13.8 Å². The molecule has 1 heterocycles. The zero-order chi connectivity index (χ0) is 12.9. The van der Waals surface area contributed by atoms with Crippen molar-refractivity contribution in [2.24, 2.45) is 0 Å². The molecule has 1 rings (SSSR count). The Kier molecular flexibility index (Phi) is 5.14. The van der Waals surface area contributed by atoms with Crippen molar-refractivity contribution in [3.05, 3.63) is 10.8 Å². The van der Waals surface area contributed by atoms with Gasteiger partial charge in [0.1, 0.15) is 16.6 Å². The first-order valence-electron chi connectivity index (χ1n) is 5.36. The molecule has 5 nitrogen and oxygen atoms in total. The minimum absolute atomic E-state index is 0.189. The third-order valence-electron chi connectivity index (χ3n) is 2.49. The van der Waals surface area contributed by atoms with Gasteiger partial charge in [-0.2, -0.15) is 0 Å². The highest BCUT2D eigenvalue weighted by atomic mass is 79.9. The Bertz CT molecular complexity index is 372. The summed E-state index contributed by atoms with van der Waals surface area (Å²) >= 11 is 3.40. The first kappa shape index (κ1) is 14.2. The Hall–Kier alpha value is -0.880. The molecule has 0 aliphatic rings. The van der Waals surface area contributed by atoms with Crippen molar-refractivity contribution in [1.82, 2.24) is 9.97 Å². The normalized spacial score (nSPS) is 11.4. The Morgan fingerprint density at radius 3 is 2.71 bits per heavy atom. The monoisotopic (exact) mass is 303 g/mol. The Morgan fingerprint density at radius 1 is 1.41 bits per heavy atom. The van der Waals surface area contributed by atoms with Crippen molar-refractivity contribution in [1.29, 1.82) is 0 Å². The van der Waals surface area contributed by atoms with E-state index in [1.165, 1.54) is 6.33 Å². The summed E-state index contributed by atoms with van der Waals surface area (Å²) in [6.07, 6.45) is 2.25. The van der Waals surface area contributed by atoms with E-state index in [-0.39, 0.29) is 5.60 Å². The number of ether oxygens (including phenoxy) is 2. The molecule has 96 valence electrons. The number of anilines is 1. The van der Waals surface area contributed by atoms with Crippen LogP contribution >= 0.6 is 15.9 Å². The van der Waals surface area contributed by atoms with Crippen LogP contribution in [0.1, 0.15) is 20.3 Å². The molecule has 0 fully saturated rings. The van der Waals surface area contributed by atoms with Crippen LogP contribution in [0, 0.1) is 0 Å². The van der Waals surface area contributed by atoms with Crippen molar-refractivity contribution in [3.63, 3.8) is 0 Å². The van der Waals surface area contributed by atoms with Crippen LogP contribution in [-0.4, -0.2) is 36.3 Å². The van der Waals surface area contributed by atoms with Crippen LogP contribution in [0.15, 0.2) is 10.8 Å². The van der Waals surface area contributed by atoms with Crippen molar-refractivity contribution >= 4 is 21.7 Å². The lowest BCUT2D eigenvalue weighted by atomic mass is 10.1. The first-order chi connectivity index (χ1) is 8.00. The number of hydrogen-bond donors (Lipinski definition) is 1. The first-order valence-corrected chi connectivity index (χ1v) is 6.15. The molecule has 1 aromatic heterocycles. The molecular weight excluding hydrogens is 286 g/mol. The summed E-state index contributed by atoms with van der Waals surface area (Å²) in [4.78, 5) is 8.13. The Balaban J connectivity index is 2.58. The highest BCUT2D eigenvalue weighted by Gasteiger charge is 2.17. The van der Waals surface area contributed by atoms with Crippen LogP contribution in [0.25, 0.3) is 0 Å². The van der Waals surface area contributed by atoms with Gasteiger partial charge < -0.3 is 14.8 Å². The second kappa shape index (κ2) is 6.16. The molecule has 0 spiro atoms. The van der Waals surface area contributed by atoms with Gasteiger partial charge in [0.25, 0.3) is 0 Å². The second-order valence-electron chi connectivity index (χ2n) is 4.15. The van der Waals surface area contributed by atoms with E-state index in [4.69, 9.17) is 9.47 Å². The van der Waals surface area contributed by atoms with Crippen LogP contribution in [0.4, 0.5) is 5.82 Å². The van der Waals surface area contributed by atoms with Crippen molar-refractivity contribution in [3.8, 4) is 5.88 Å². The lowest BCUT2D eigenvalue weighted by Crippen LogP contribution is -2.25. The van der Waals surface area contributed by atoms with Gasteiger partial charge in [0.2, 0.25) is 5.88 Å². The van der Waals surface area contributed by atoms with Crippen LogP contribution in [0.5, 0.6) is 5.88 Å². The van der Waals surface area contributed by atoms with Gasteiger partial charge >= 0.3 is 0 Å². The van der Waals surface area contributed by atoms with E-state index >= 15 is 0 Å². The quantitative estimate of drug-likeness (QED) is 0.875. The molecule has 0 aliphatic heterocycles. The summed E-state index contributed by atoms with van der Waals surface area (Å²) in [5, 5.41) is 2.95. The van der Waals surface area contributed by atoms with Crippen LogP contribution in [-0.2, 0) is 4.74 Å². The number of methoxy groups -OCH3 is 1. The molecular formula is C11H18BrN3O2. The minimum Gasteiger partial charge on any atom is -0.477 e. The molecule has 17 heavy (non-hydrogen) atoms. The largest absolute Gasteiger partial charge is 0.477 e. The van der Waals surface area contributed by atoms with Gasteiger partial charge in [-0.1, -0.05) is 0 Å². The highest BCUT2D eigenvalue weighted by molar-refractivity contribution is 9.10. The van der Waals surface area contributed by atoms with Gasteiger partial charge in [-0.3, -0.25) is 0 Å². The van der Waals surface area contributed by atoms with Crippen molar-refractivity contribution in [2.75, 3.05) is 26.1 Å². The molecule has 1 aromatic rings. The van der Waals surface area contributed by atoms with E-state index in [2.05, 4.69) is 31.2 Å². The smallest absolute Gasteiger partial charge is 0.233 e. The molecule has 0 bridgehead atoms. The molecule has 0 radical (unpaired) electrons. The van der Waals surface area contributed by atoms with Gasteiger partial charge in [-0.15, -0.1) is 0 Å². The fraction of sp³-hybridized carbons (Fsp3) is 0.636. The van der Waals surface area contributed by atoms with E-state index in [0.717, 1.165) is 10.9 Å². The topological polar surface area (TPSA) is 56.3 Å². The number of aromatic nitrogens is 2. The van der Waals surface area contributed by atoms with Crippen LogP contribution in [0.2, 0.25) is 0 Å². The third-order valence-corrected chi connectivity index (χ3v) is 3.20. The zero-order valence-corrected chi connectivity index (χ0v) is 12.2. The maximum atomic E-state index is 5.60. The van der Waals surface area contributed by atoms with Gasteiger partial charge in [0.05, 0.1) is 12.2 Å². The maximum absolute atomic E-state index is 5.60. The zero-order valence-electron chi connectivity index (χ0n) is 10.6. The number of rotatable bonds is 6. The molecule has 0 saturated carbocycles. The highest BCUT2D eigenvalue weighted by Crippen LogP contribution is 2.28. The summed E-state index contributed by atoms with van der Waals surface area (Å²) in [5.41, 5.74) is -0.189. The van der Waals surface area contributed by atoms with Gasteiger partial charge in [0.15, 0.2) is 0 Å². The summed E-state index contributed by atoms with van der Waals surface area (Å²) in [5.74, 6) is 1.25. The predicted molar refractivity (Wildman–Crippen MR) is 70.5 cm³/mol. The summed E-state index contributed by atoms with van der Waals surface area (Å²) < 4.78 is 11.6. The average molecular weight is 304 g/mol. The van der Waals surface area contributed by atoms with Gasteiger partial charge in [0, 0.05) is 20.6 Å². The lowest BCUT2D eigenvalue weighted by Gasteiger charge is -2.22.